The number of nitrogens with one attached hydrogen (secondary N) is 1. The number of aromatic nitrogens is 2. The lowest BCUT2D eigenvalue weighted by molar-refractivity contribution is 0.448. The lowest BCUT2D eigenvalue weighted by Gasteiger charge is -2.15. The Labute approximate surface area is 91.3 Å². The minimum Gasteiger partial charge on any atom is -0.271 e. The third-order valence-electron chi connectivity index (χ3n) is 2.44. The SMILES string of the molecule is CC(C)CCCC(NN)c1ccncn1. The minimum absolute atomic E-state index is 0.145. The smallest absolute Gasteiger partial charge is 0.115 e. The summed E-state index contributed by atoms with van der Waals surface area (Å²) in [5.41, 5.74) is 3.77. The molecule has 84 valence electrons. The molecule has 1 rings (SSSR count). The summed E-state index contributed by atoms with van der Waals surface area (Å²) in [5, 5.41) is 0. The number of hydrogen-bond acceptors (Lipinski definition) is 4. The van der Waals surface area contributed by atoms with Gasteiger partial charge in [0.1, 0.15) is 6.33 Å². The van der Waals surface area contributed by atoms with Crippen LogP contribution in [0.1, 0.15) is 44.8 Å². The molecule has 0 aliphatic rings. The first-order valence-corrected chi connectivity index (χ1v) is 5.46. The third-order valence-corrected chi connectivity index (χ3v) is 2.44. The van der Waals surface area contributed by atoms with Crippen LogP contribution in [-0.2, 0) is 0 Å². The summed E-state index contributed by atoms with van der Waals surface area (Å²) in [4.78, 5) is 8.08. The van der Waals surface area contributed by atoms with Crippen LogP contribution in [0.3, 0.4) is 0 Å². The maximum Gasteiger partial charge on any atom is 0.115 e. The molecule has 0 radical (unpaired) electrons. The first-order chi connectivity index (χ1) is 7.24. The van der Waals surface area contributed by atoms with Gasteiger partial charge >= 0.3 is 0 Å². The van der Waals surface area contributed by atoms with E-state index in [4.69, 9.17) is 5.84 Å². The van der Waals surface area contributed by atoms with E-state index in [1.807, 2.05) is 6.07 Å². The van der Waals surface area contributed by atoms with Crippen molar-refractivity contribution < 1.29 is 0 Å². The van der Waals surface area contributed by atoms with Gasteiger partial charge in [-0.15, -0.1) is 0 Å². The summed E-state index contributed by atoms with van der Waals surface area (Å²) in [6.07, 6.45) is 6.71. The molecule has 0 amide bonds. The predicted molar refractivity (Wildman–Crippen MR) is 60.8 cm³/mol. The molecule has 1 unspecified atom stereocenters. The highest BCUT2D eigenvalue weighted by Gasteiger charge is 2.10. The first-order valence-electron chi connectivity index (χ1n) is 5.46. The Kier molecular flexibility index (Phi) is 5.21. The van der Waals surface area contributed by atoms with Gasteiger partial charge in [-0.1, -0.05) is 26.7 Å². The summed E-state index contributed by atoms with van der Waals surface area (Å²) >= 11 is 0. The van der Waals surface area contributed by atoms with Gasteiger partial charge in [0, 0.05) is 6.20 Å². The van der Waals surface area contributed by atoms with Crippen molar-refractivity contribution in [3.8, 4) is 0 Å². The molecular formula is C11H20N4. The van der Waals surface area contributed by atoms with Gasteiger partial charge in [-0.25, -0.2) is 9.97 Å². The number of rotatable bonds is 6. The molecule has 0 saturated heterocycles. The zero-order chi connectivity index (χ0) is 11.1. The van der Waals surface area contributed by atoms with Gasteiger partial charge in [0.25, 0.3) is 0 Å². The van der Waals surface area contributed by atoms with Crippen LogP contribution in [0.15, 0.2) is 18.6 Å². The monoisotopic (exact) mass is 208 g/mol. The van der Waals surface area contributed by atoms with E-state index >= 15 is 0 Å². The van der Waals surface area contributed by atoms with Crippen LogP contribution >= 0.6 is 0 Å². The van der Waals surface area contributed by atoms with Crippen LogP contribution in [0.2, 0.25) is 0 Å². The maximum absolute atomic E-state index is 5.51. The number of hydrogen-bond donors (Lipinski definition) is 2. The van der Waals surface area contributed by atoms with E-state index in [1.54, 1.807) is 12.5 Å². The van der Waals surface area contributed by atoms with E-state index in [1.165, 1.54) is 6.42 Å². The molecule has 1 atom stereocenters. The van der Waals surface area contributed by atoms with Crippen LogP contribution in [0.4, 0.5) is 0 Å². The van der Waals surface area contributed by atoms with Crippen molar-refractivity contribution in [2.24, 2.45) is 11.8 Å². The van der Waals surface area contributed by atoms with E-state index in [2.05, 4.69) is 29.2 Å². The van der Waals surface area contributed by atoms with Crippen LogP contribution in [0.5, 0.6) is 0 Å². The van der Waals surface area contributed by atoms with E-state index < -0.39 is 0 Å². The molecule has 1 heterocycles. The number of hydrazine groups is 1. The number of nitrogens with two attached hydrogens (primary N) is 1. The Morgan fingerprint density at radius 1 is 1.40 bits per heavy atom. The van der Waals surface area contributed by atoms with Crippen molar-refractivity contribution in [1.29, 1.82) is 0 Å². The molecule has 4 heteroatoms. The Morgan fingerprint density at radius 2 is 2.20 bits per heavy atom. The maximum atomic E-state index is 5.51. The second-order valence-corrected chi connectivity index (χ2v) is 4.18. The average Bonchev–Trinajstić information content (AvgIpc) is 2.25. The molecule has 0 bridgehead atoms. The Bertz CT molecular complexity index is 261. The van der Waals surface area contributed by atoms with Gasteiger partial charge < -0.3 is 0 Å². The predicted octanol–water partition coefficient (Wildman–Crippen LogP) is 1.81. The third kappa shape index (κ3) is 4.36. The van der Waals surface area contributed by atoms with Crippen molar-refractivity contribution in [3.63, 3.8) is 0 Å². The molecule has 0 spiro atoms. The molecule has 0 aliphatic carbocycles. The molecule has 1 aromatic heterocycles. The van der Waals surface area contributed by atoms with Gasteiger partial charge in [0.2, 0.25) is 0 Å². The fraction of sp³-hybridized carbons (Fsp3) is 0.636. The van der Waals surface area contributed by atoms with E-state index in [0.717, 1.165) is 24.5 Å². The van der Waals surface area contributed by atoms with Gasteiger partial charge in [0.05, 0.1) is 11.7 Å². The largest absolute Gasteiger partial charge is 0.271 e. The quantitative estimate of drug-likeness (QED) is 0.553. The van der Waals surface area contributed by atoms with Crippen LogP contribution < -0.4 is 11.3 Å². The fourth-order valence-corrected chi connectivity index (χ4v) is 1.55. The lowest BCUT2D eigenvalue weighted by Crippen LogP contribution is -2.28. The molecule has 0 fully saturated rings. The molecule has 1 aromatic rings. The van der Waals surface area contributed by atoms with Gasteiger partial charge in [-0.05, 0) is 18.4 Å². The fourth-order valence-electron chi connectivity index (χ4n) is 1.55. The summed E-state index contributed by atoms with van der Waals surface area (Å²) in [5.74, 6) is 6.26. The van der Waals surface area contributed by atoms with Crippen LogP contribution in [0, 0.1) is 5.92 Å². The molecule has 15 heavy (non-hydrogen) atoms. The summed E-state index contributed by atoms with van der Waals surface area (Å²) in [7, 11) is 0. The van der Waals surface area contributed by atoms with Crippen molar-refractivity contribution in [3.05, 3.63) is 24.3 Å². The van der Waals surface area contributed by atoms with E-state index in [-0.39, 0.29) is 6.04 Å². The van der Waals surface area contributed by atoms with Crippen LogP contribution in [-0.4, -0.2) is 9.97 Å². The zero-order valence-corrected chi connectivity index (χ0v) is 9.48. The standard InChI is InChI=1S/C11H20N4/c1-9(2)4-3-5-11(15-12)10-6-7-13-8-14-10/h6-9,11,15H,3-5,12H2,1-2H3. The first kappa shape index (κ1) is 12.1. The van der Waals surface area contributed by atoms with Gasteiger partial charge in [-0.3, -0.25) is 11.3 Å². The Morgan fingerprint density at radius 3 is 2.73 bits per heavy atom. The van der Waals surface area contributed by atoms with Crippen molar-refractivity contribution in [2.45, 2.75) is 39.2 Å². The molecule has 0 aliphatic heterocycles. The summed E-state index contributed by atoms with van der Waals surface area (Å²) in [6, 6.07) is 2.05. The van der Waals surface area contributed by atoms with E-state index in [0.29, 0.717) is 0 Å². The topological polar surface area (TPSA) is 63.8 Å². The molecule has 0 saturated carbocycles. The van der Waals surface area contributed by atoms with Gasteiger partial charge in [0.15, 0.2) is 0 Å². The second kappa shape index (κ2) is 6.48. The normalized spacial score (nSPS) is 13.1. The highest BCUT2D eigenvalue weighted by molar-refractivity contribution is 5.03. The number of nitrogens with zero attached hydrogens (tertiary/aromatic N) is 2. The Hall–Kier alpha value is -1.00. The highest BCUT2D eigenvalue weighted by Crippen LogP contribution is 2.17. The zero-order valence-electron chi connectivity index (χ0n) is 9.48. The average molecular weight is 208 g/mol. The minimum atomic E-state index is 0.145. The van der Waals surface area contributed by atoms with E-state index in [9.17, 15) is 0 Å². The lowest BCUT2D eigenvalue weighted by atomic mass is 10.0. The highest BCUT2D eigenvalue weighted by atomic mass is 15.2. The van der Waals surface area contributed by atoms with Crippen molar-refractivity contribution in [2.75, 3.05) is 0 Å². The van der Waals surface area contributed by atoms with Gasteiger partial charge in [-0.2, -0.15) is 0 Å². The van der Waals surface area contributed by atoms with Crippen molar-refractivity contribution in [1.82, 2.24) is 15.4 Å². The van der Waals surface area contributed by atoms with Crippen LogP contribution in [0.25, 0.3) is 0 Å². The summed E-state index contributed by atoms with van der Waals surface area (Å²) in [6.45, 7) is 4.46. The molecule has 4 nitrogen and oxygen atoms in total. The molecule has 0 aromatic carbocycles. The molecular weight excluding hydrogens is 188 g/mol. The Balaban J connectivity index is 2.43. The summed E-state index contributed by atoms with van der Waals surface area (Å²) < 4.78 is 0. The second-order valence-electron chi connectivity index (χ2n) is 4.18. The molecule has 3 N–H and O–H groups in total. The van der Waals surface area contributed by atoms with Crippen molar-refractivity contribution >= 4 is 0 Å².